The van der Waals surface area contributed by atoms with Crippen LogP contribution in [0.5, 0.6) is 0 Å². The predicted molar refractivity (Wildman–Crippen MR) is 228 cm³/mol. The van der Waals surface area contributed by atoms with Gasteiger partial charge >= 0.3 is 0 Å². The summed E-state index contributed by atoms with van der Waals surface area (Å²) in [4.78, 5) is 5.35. The Morgan fingerprint density at radius 3 is 1.93 bits per heavy atom. The van der Waals surface area contributed by atoms with Crippen molar-refractivity contribution in [3.63, 3.8) is 0 Å². The van der Waals surface area contributed by atoms with E-state index in [1.165, 1.54) is 49.0 Å². The molecule has 2 N–H and O–H groups in total. The lowest BCUT2D eigenvalue weighted by atomic mass is 9.90. The molecule has 11 rings (SSSR count). The number of amidine groups is 1. The summed E-state index contributed by atoms with van der Waals surface area (Å²) in [7, 11) is 0. The zero-order chi connectivity index (χ0) is 36.3. The van der Waals surface area contributed by atoms with Crippen molar-refractivity contribution in [1.29, 1.82) is 0 Å². The molecule has 0 aliphatic carbocycles. The van der Waals surface area contributed by atoms with Crippen LogP contribution >= 0.6 is 0 Å². The molecule has 1 aliphatic rings. The largest absolute Gasteiger partial charge is 0.456 e. The first-order valence-electron chi connectivity index (χ1n) is 18.8. The maximum absolute atomic E-state index is 6.66. The highest BCUT2D eigenvalue weighted by Gasteiger charge is 2.27. The summed E-state index contributed by atoms with van der Waals surface area (Å²) in [5.41, 5.74) is 9.61. The van der Waals surface area contributed by atoms with E-state index in [-0.39, 0.29) is 12.3 Å². The van der Waals surface area contributed by atoms with Crippen LogP contribution in [-0.4, -0.2) is 5.84 Å². The monoisotopic (exact) mass is 705 g/mol. The van der Waals surface area contributed by atoms with Crippen LogP contribution in [0.1, 0.15) is 29.0 Å². The van der Waals surface area contributed by atoms with Gasteiger partial charge in [-0.1, -0.05) is 158 Å². The SMILES string of the molecule is c1ccc(C2=NC(c3cc(-c4cc5ccccc5c5ccccc45)c4c(c3)oc3ccccc34)NC(c3ccc(-c4ccc5ccccc5c4)cc3)N2)cc1. The average molecular weight is 706 g/mol. The Bertz CT molecular complexity index is 3110. The summed E-state index contributed by atoms with van der Waals surface area (Å²) in [5, 5.41) is 17.2. The Hall–Kier alpha value is -7.01. The molecule has 9 aromatic carbocycles. The van der Waals surface area contributed by atoms with Crippen LogP contribution in [0, 0.1) is 0 Å². The first-order valence-corrected chi connectivity index (χ1v) is 18.8. The van der Waals surface area contributed by atoms with E-state index in [1.54, 1.807) is 0 Å². The van der Waals surface area contributed by atoms with Crippen LogP contribution in [0.3, 0.4) is 0 Å². The zero-order valence-corrected chi connectivity index (χ0v) is 29.9. The van der Waals surface area contributed by atoms with E-state index in [0.717, 1.165) is 50.0 Å². The van der Waals surface area contributed by atoms with E-state index in [4.69, 9.17) is 9.41 Å². The molecule has 2 heterocycles. The van der Waals surface area contributed by atoms with Gasteiger partial charge in [-0.3, -0.25) is 5.32 Å². The van der Waals surface area contributed by atoms with E-state index in [1.807, 2.05) is 12.1 Å². The van der Waals surface area contributed by atoms with Gasteiger partial charge in [-0.25, -0.2) is 4.99 Å². The highest BCUT2D eigenvalue weighted by atomic mass is 16.3. The second kappa shape index (κ2) is 12.8. The lowest BCUT2D eigenvalue weighted by Gasteiger charge is -2.32. The fraction of sp³-hybridized carbons (Fsp3) is 0.0392. The van der Waals surface area contributed by atoms with Gasteiger partial charge in [-0.05, 0) is 96.0 Å². The quantitative estimate of drug-likeness (QED) is 0.175. The number of benzene rings is 9. The Balaban J connectivity index is 1.06. The number of para-hydroxylation sites is 1. The van der Waals surface area contributed by atoms with Crippen molar-refractivity contribution in [2.24, 2.45) is 4.99 Å². The van der Waals surface area contributed by atoms with Gasteiger partial charge in [0, 0.05) is 16.3 Å². The van der Waals surface area contributed by atoms with Crippen molar-refractivity contribution in [1.82, 2.24) is 10.6 Å². The van der Waals surface area contributed by atoms with E-state index in [2.05, 4.69) is 187 Å². The number of aliphatic imine (C=N–C) groups is 1. The van der Waals surface area contributed by atoms with E-state index >= 15 is 0 Å². The Morgan fingerprint density at radius 1 is 0.418 bits per heavy atom. The van der Waals surface area contributed by atoms with Gasteiger partial charge in [-0.2, -0.15) is 0 Å². The molecule has 1 aromatic heterocycles. The number of hydrogen-bond acceptors (Lipinski definition) is 4. The van der Waals surface area contributed by atoms with Crippen LogP contribution < -0.4 is 10.6 Å². The lowest BCUT2D eigenvalue weighted by Crippen LogP contribution is -2.44. The first-order chi connectivity index (χ1) is 27.2. The third-order valence-electron chi connectivity index (χ3n) is 11.1. The van der Waals surface area contributed by atoms with Gasteiger partial charge < -0.3 is 9.73 Å². The highest BCUT2D eigenvalue weighted by molar-refractivity contribution is 6.20. The molecule has 0 bridgehead atoms. The second-order valence-electron chi connectivity index (χ2n) is 14.4. The molecule has 2 unspecified atom stereocenters. The van der Waals surface area contributed by atoms with Crippen molar-refractivity contribution in [2.45, 2.75) is 12.3 Å². The summed E-state index contributed by atoms with van der Waals surface area (Å²) in [6, 6.07) is 67.0. The third kappa shape index (κ3) is 5.46. The summed E-state index contributed by atoms with van der Waals surface area (Å²) in [6.07, 6.45) is -0.551. The molecule has 4 heteroatoms. The summed E-state index contributed by atoms with van der Waals surface area (Å²) in [5.74, 6) is 0.843. The van der Waals surface area contributed by atoms with Crippen LogP contribution in [-0.2, 0) is 0 Å². The van der Waals surface area contributed by atoms with Crippen LogP contribution in [0.15, 0.2) is 197 Å². The number of hydrogen-bond donors (Lipinski definition) is 2. The van der Waals surface area contributed by atoms with Crippen LogP contribution in [0.25, 0.3) is 76.5 Å². The first kappa shape index (κ1) is 31.5. The second-order valence-corrected chi connectivity index (χ2v) is 14.4. The molecule has 0 saturated heterocycles. The van der Waals surface area contributed by atoms with Gasteiger partial charge in [0.25, 0.3) is 0 Å². The standard InChI is InChI=1S/C51H35N3O/c1-2-13-34(14-3-1)49-52-50(35-25-22-33(23-26-35)37-27-24-32-12-4-5-15-36(32)28-37)54-51(53-49)39-30-45(48-43-20-10-11-21-46(43)55-47(48)31-39)44-29-38-16-6-7-17-40(38)41-18-8-9-19-42(41)44/h1-31,50-51,54H,(H,52,53). The molecule has 55 heavy (non-hydrogen) atoms. The molecule has 2 atom stereocenters. The average Bonchev–Trinajstić information content (AvgIpc) is 3.65. The molecule has 0 radical (unpaired) electrons. The number of nitrogens with zero attached hydrogens (tertiary/aromatic N) is 1. The zero-order valence-electron chi connectivity index (χ0n) is 29.9. The molecule has 1 aliphatic heterocycles. The minimum Gasteiger partial charge on any atom is -0.456 e. The summed E-state index contributed by atoms with van der Waals surface area (Å²) < 4.78 is 6.66. The third-order valence-corrected chi connectivity index (χ3v) is 11.1. The van der Waals surface area contributed by atoms with Gasteiger partial charge in [0.1, 0.15) is 29.3 Å². The number of fused-ring (bicyclic) bond motifs is 7. The van der Waals surface area contributed by atoms with Crippen LogP contribution in [0.4, 0.5) is 0 Å². The topological polar surface area (TPSA) is 49.6 Å². The molecular formula is C51H35N3O. The smallest absolute Gasteiger partial charge is 0.136 e. The highest BCUT2D eigenvalue weighted by Crippen LogP contribution is 2.43. The summed E-state index contributed by atoms with van der Waals surface area (Å²) in [6.45, 7) is 0. The lowest BCUT2D eigenvalue weighted by molar-refractivity contribution is 0.409. The molecule has 10 aromatic rings. The van der Waals surface area contributed by atoms with Gasteiger partial charge in [-0.15, -0.1) is 0 Å². The normalized spacial score (nSPS) is 15.8. The Kier molecular flexibility index (Phi) is 7.35. The molecule has 0 fully saturated rings. The van der Waals surface area contributed by atoms with E-state index in [0.29, 0.717) is 0 Å². The maximum Gasteiger partial charge on any atom is 0.136 e. The van der Waals surface area contributed by atoms with Gasteiger partial charge in [0.15, 0.2) is 0 Å². The number of rotatable bonds is 5. The number of nitrogens with one attached hydrogen (secondary N) is 2. The maximum atomic E-state index is 6.66. The Labute approximate surface area is 318 Å². The summed E-state index contributed by atoms with van der Waals surface area (Å²) >= 11 is 0. The van der Waals surface area contributed by atoms with Crippen molar-refractivity contribution in [3.8, 4) is 22.3 Å². The fourth-order valence-electron chi connectivity index (χ4n) is 8.40. The van der Waals surface area contributed by atoms with Crippen LogP contribution in [0.2, 0.25) is 0 Å². The van der Waals surface area contributed by atoms with Gasteiger partial charge in [0.05, 0.1) is 0 Å². The van der Waals surface area contributed by atoms with Gasteiger partial charge in [0.2, 0.25) is 0 Å². The van der Waals surface area contributed by atoms with E-state index in [9.17, 15) is 0 Å². The molecule has 0 saturated carbocycles. The van der Waals surface area contributed by atoms with E-state index < -0.39 is 0 Å². The fourth-order valence-corrected chi connectivity index (χ4v) is 8.40. The van der Waals surface area contributed by atoms with Crippen molar-refractivity contribution in [3.05, 3.63) is 205 Å². The Morgan fingerprint density at radius 2 is 1.09 bits per heavy atom. The molecule has 260 valence electrons. The molecule has 0 spiro atoms. The molecular weight excluding hydrogens is 671 g/mol. The van der Waals surface area contributed by atoms with Crippen molar-refractivity contribution < 1.29 is 4.42 Å². The van der Waals surface area contributed by atoms with Crippen molar-refractivity contribution in [2.75, 3.05) is 0 Å². The predicted octanol–water partition coefficient (Wildman–Crippen LogP) is 12.7. The molecule has 0 amide bonds. The molecule has 4 nitrogen and oxygen atoms in total. The minimum absolute atomic E-state index is 0.195. The minimum atomic E-state index is -0.357. The van der Waals surface area contributed by atoms with Crippen molar-refractivity contribution >= 4 is 60.1 Å². The number of furan rings is 1.